The predicted octanol–water partition coefficient (Wildman–Crippen LogP) is 3.79. The SMILES string of the molecule is CCc1c(-c2cc(F)c(F)cc2F)[nH]cnc1=S. The lowest BCUT2D eigenvalue weighted by atomic mass is 10.0. The van der Waals surface area contributed by atoms with E-state index in [0.717, 1.165) is 6.07 Å². The van der Waals surface area contributed by atoms with Gasteiger partial charge in [-0.1, -0.05) is 19.1 Å². The summed E-state index contributed by atoms with van der Waals surface area (Å²) in [6.45, 7) is 1.82. The van der Waals surface area contributed by atoms with Crippen LogP contribution in [0.1, 0.15) is 12.5 Å². The Balaban J connectivity index is 2.73. The molecule has 0 unspecified atom stereocenters. The first-order valence-corrected chi connectivity index (χ1v) is 5.67. The lowest BCUT2D eigenvalue weighted by Gasteiger charge is -2.09. The molecule has 0 bridgehead atoms. The summed E-state index contributed by atoms with van der Waals surface area (Å²) in [5.74, 6) is -3.17. The fraction of sp³-hybridized carbons (Fsp3) is 0.167. The molecule has 0 radical (unpaired) electrons. The van der Waals surface area contributed by atoms with E-state index in [1.165, 1.54) is 6.33 Å². The van der Waals surface area contributed by atoms with Crippen molar-refractivity contribution in [1.82, 2.24) is 9.97 Å². The molecular formula is C12H9F3N2S. The Morgan fingerprint density at radius 2 is 1.83 bits per heavy atom. The predicted molar refractivity (Wildman–Crippen MR) is 64.1 cm³/mol. The Kier molecular flexibility index (Phi) is 3.47. The van der Waals surface area contributed by atoms with E-state index < -0.39 is 17.5 Å². The quantitative estimate of drug-likeness (QED) is 0.664. The number of aromatic amines is 1. The van der Waals surface area contributed by atoms with Gasteiger partial charge in [0.1, 0.15) is 10.5 Å². The molecular weight excluding hydrogens is 261 g/mol. The highest BCUT2D eigenvalue weighted by Gasteiger charge is 2.15. The highest BCUT2D eigenvalue weighted by molar-refractivity contribution is 7.71. The van der Waals surface area contributed by atoms with Crippen molar-refractivity contribution in [2.75, 3.05) is 0 Å². The lowest BCUT2D eigenvalue weighted by Crippen LogP contribution is -1.99. The van der Waals surface area contributed by atoms with Gasteiger partial charge in [-0.2, -0.15) is 0 Å². The van der Waals surface area contributed by atoms with Gasteiger partial charge in [0, 0.05) is 17.2 Å². The van der Waals surface area contributed by atoms with Crippen molar-refractivity contribution >= 4 is 12.2 Å². The maximum Gasteiger partial charge on any atom is 0.161 e. The molecule has 1 N–H and O–H groups in total. The van der Waals surface area contributed by atoms with E-state index >= 15 is 0 Å². The monoisotopic (exact) mass is 270 g/mol. The molecule has 0 saturated carbocycles. The molecule has 0 spiro atoms. The van der Waals surface area contributed by atoms with E-state index in [9.17, 15) is 13.2 Å². The summed E-state index contributed by atoms with van der Waals surface area (Å²) < 4.78 is 40.1. The van der Waals surface area contributed by atoms with Gasteiger partial charge in [0.2, 0.25) is 0 Å². The van der Waals surface area contributed by atoms with Crippen molar-refractivity contribution in [1.29, 1.82) is 0 Å². The van der Waals surface area contributed by atoms with Gasteiger partial charge in [0.25, 0.3) is 0 Å². The average molecular weight is 270 g/mol. The van der Waals surface area contributed by atoms with E-state index in [2.05, 4.69) is 9.97 Å². The van der Waals surface area contributed by atoms with Gasteiger partial charge in [-0.3, -0.25) is 0 Å². The van der Waals surface area contributed by atoms with Gasteiger partial charge in [-0.15, -0.1) is 0 Å². The minimum Gasteiger partial charge on any atom is -0.345 e. The minimum atomic E-state index is -1.22. The summed E-state index contributed by atoms with van der Waals surface area (Å²) in [6.07, 6.45) is 1.81. The Labute approximate surface area is 107 Å². The van der Waals surface area contributed by atoms with Crippen LogP contribution in [-0.2, 0) is 6.42 Å². The number of hydrogen-bond acceptors (Lipinski definition) is 2. The first-order chi connectivity index (χ1) is 8.54. The zero-order valence-corrected chi connectivity index (χ0v) is 10.2. The second-order valence-electron chi connectivity index (χ2n) is 3.66. The van der Waals surface area contributed by atoms with E-state index in [1.807, 2.05) is 6.92 Å². The molecule has 0 amide bonds. The first kappa shape index (κ1) is 12.8. The average Bonchev–Trinajstić information content (AvgIpc) is 2.33. The summed E-state index contributed by atoms with van der Waals surface area (Å²) in [6, 6.07) is 1.33. The molecule has 6 heteroatoms. The standard InChI is InChI=1S/C12H9F3N2S/c1-2-6-11(16-5-17-12(6)18)7-3-9(14)10(15)4-8(7)13/h3-5H,2H2,1H3,(H,16,17,18). The molecule has 1 heterocycles. The smallest absolute Gasteiger partial charge is 0.161 e. The molecule has 2 rings (SSSR count). The number of H-pyrrole nitrogens is 1. The van der Waals surface area contributed by atoms with E-state index in [-0.39, 0.29) is 5.56 Å². The molecule has 0 fully saturated rings. The number of rotatable bonds is 2. The van der Waals surface area contributed by atoms with Crippen LogP contribution in [0.15, 0.2) is 18.5 Å². The number of nitrogens with one attached hydrogen (secondary N) is 1. The summed E-state index contributed by atoms with van der Waals surface area (Å²) >= 11 is 5.02. The van der Waals surface area contributed by atoms with Crippen LogP contribution in [0.5, 0.6) is 0 Å². The highest BCUT2D eigenvalue weighted by Crippen LogP contribution is 2.26. The summed E-state index contributed by atoms with van der Waals surface area (Å²) in [4.78, 5) is 6.60. The van der Waals surface area contributed by atoms with Crippen LogP contribution in [-0.4, -0.2) is 9.97 Å². The van der Waals surface area contributed by atoms with Crippen LogP contribution in [0.3, 0.4) is 0 Å². The molecule has 0 saturated heterocycles. The molecule has 0 aliphatic carbocycles. The van der Waals surface area contributed by atoms with Gasteiger partial charge in [0.15, 0.2) is 11.6 Å². The normalized spacial score (nSPS) is 10.7. The van der Waals surface area contributed by atoms with Gasteiger partial charge >= 0.3 is 0 Å². The summed E-state index contributed by atoms with van der Waals surface area (Å²) in [5.41, 5.74) is 0.866. The third-order valence-electron chi connectivity index (χ3n) is 2.58. The molecule has 2 aromatic rings. The molecule has 94 valence electrons. The van der Waals surface area contributed by atoms with E-state index in [4.69, 9.17) is 12.2 Å². The Morgan fingerprint density at radius 1 is 1.17 bits per heavy atom. The third-order valence-corrected chi connectivity index (χ3v) is 2.94. The van der Waals surface area contributed by atoms with Gasteiger partial charge in [0.05, 0.1) is 12.0 Å². The molecule has 0 atom stereocenters. The van der Waals surface area contributed by atoms with Crippen LogP contribution < -0.4 is 0 Å². The van der Waals surface area contributed by atoms with Crippen molar-refractivity contribution < 1.29 is 13.2 Å². The maximum atomic E-state index is 13.7. The minimum absolute atomic E-state index is 0.0562. The number of nitrogens with zero attached hydrogens (tertiary/aromatic N) is 1. The van der Waals surface area contributed by atoms with Gasteiger partial charge in [-0.05, 0) is 12.5 Å². The zero-order chi connectivity index (χ0) is 13.3. The van der Waals surface area contributed by atoms with Crippen molar-refractivity contribution in [2.45, 2.75) is 13.3 Å². The second-order valence-corrected chi connectivity index (χ2v) is 4.05. The fourth-order valence-electron chi connectivity index (χ4n) is 1.71. The van der Waals surface area contributed by atoms with Gasteiger partial charge in [-0.25, -0.2) is 18.2 Å². The van der Waals surface area contributed by atoms with Crippen molar-refractivity contribution in [3.8, 4) is 11.3 Å². The number of hydrogen-bond donors (Lipinski definition) is 1. The lowest BCUT2D eigenvalue weighted by molar-refractivity contribution is 0.496. The molecule has 0 aliphatic heterocycles. The highest BCUT2D eigenvalue weighted by atomic mass is 32.1. The third kappa shape index (κ3) is 2.15. The number of aromatic nitrogens is 2. The van der Waals surface area contributed by atoms with Crippen LogP contribution in [0.25, 0.3) is 11.3 Å². The largest absolute Gasteiger partial charge is 0.345 e. The molecule has 1 aromatic heterocycles. The van der Waals surface area contributed by atoms with Crippen LogP contribution in [0.2, 0.25) is 0 Å². The molecule has 1 aromatic carbocycles. The Hall–Kier alpha value is -1.69. The number of halogens is 3. The van der Waals surface area contributed by atoms with E-state index in [1.54, 1.807) is 0 Å². The molecule has 2 nitrogen and oxygen atoms in total. The molecule has 0 aliphatic rings. The van der Waals surface area contributed by atoms with Crippen LogP contribution >= 0.6 is 12.2 Å². The summed E-state index contributed by atoms with van der Waals surface area (Å²) in [7, 11) is 0. The van der Waals surface area contributed by atoms with E-state index in [0.29, 0.717) is 28.4 Å². The van der Waals surface area contributed by atoms with Crippen LogP contribution in [0, 0.1) is 22.1 Å². The summed E-state index contributed by atoms with van der Waals surface area (Å²) in [5, 5.41) is 0. The first-order valence-electron chi connectivity index (χ1n) is 5.26. The van der Waals surface area contributed by atoms with Crippen molar-refractivity contribution in [3.63, 3.8) is 0 Å². The van der Waals surface area contributed by atoms with Crippen molar-refractivity contribution in [2.24, 2.45) is 0 Å². The maximum absolute atomic E-state index is 13.7. The van der Waals surface area contributed by atoms with Gasteiger partial charge < -0.3 is 4.98 Å². The fourth-order valence-corrected chi connectivity index (χ4v) is 2.01. The second kappa shape index (κ2) is 4.89. The zero-order valence-electron chi connectivity index (χ0n) is 9.43. The Bertz CT molecular complexity index is 652. The number of benzene rings is 1. The van der Waals surface area contributed by atoms with Crippen molar-refractivity contribution in [3.05, 3.63) is 46.1 Å². The Morgan fingerprint density at radius 3 is 2.50 bits per heavy atom. The topological polar surface area (TPSA) is 28.7 Å². The molecule has 18 heavy (non-hydrogen) atoms. The van der Waals surface area contributed by atoms with Crippen LogP contribution in [0.4, 0.5) is 13.2 Å².